The summed E-state index contributed by atoms with van der Waals surface area (Å²) < 4.78 is 9.70. The minimum atomic E-state index is -0.661. The smallest absolute Gasteiger partial charge is 0.305 e. The van der Waals surface area contributed by atoms with Crippen LogP contribution in [0.15, 0.2) is 12.3 Å². The van der Waals surface area contributed by atoms with E-state index in [9.17, 15) is 9.90 Å². The summed E-state index contributed by atoms with van der Waals surface area (Å²) in [5.74, 6) is 0.163. The van der Waals surface area contributed by atoms with Crippen LogP contribution in [-0.4, -0.2) is 30.3 Å². The summed E-state index contributed by atoms with van der Waals surface area (Å²) in [6.07, 6.45) is 2.78. The fraction of sp³-hybridized carbons (Fsp3) is 0.538. The Bertz CT molecular complexity index is 447. The first-order chi connectivity index (χ1) is 8.65. The number of aryl methyl sites for hydroxylation is 1. The van der Waals surface area contributed by atoms with Crippen molar-refractivity contribution in [3.63, 3.8) is 0 Å². The molecule has 2 atom stereocenters. The van der Waals surface area contributed by atoms with E-state index in [-0.39, 0.29) is 18.3 Å². The minimum absolute atomic E-state index is 0.0971. The lowest BCUT2D eigenvalue weighted by atomic mass is 9.81. The Morgan fingerprint density at radius 1 is 1.56 bits per heavy atom. The van der Waals surface area contributed by atoms with Gasteiger partial charge in [0.15, 0.2) is 0 Å². The number of aromatic nitrogens is 1. The SMILES string of the molecule is COC(=O)CC1CCc2cc(OC)ncc2C1O. The first-order valence-corrected chi connectivity index (χ1v) is 5.93. The standard InChI is InChI=1S/C13H17NO4/c1-17-11-5-8-3-4-9(6-12(15)18-2)13(16)10(8)7-14-11/h5,7,9,13,16H,3-4,6H2,1-2H3. The summed E-state index contributed by atoms with van der Waals surface area (Å²) >= 11 is 0. The van der Waals surface area contributed by atoms with Crippen LogP contribution in [0, 0.1) is 5.92 Å². The van der Waals surface area contributed by atoms with Crippen molar-refractivity contribution in [3.05, 3.63) is 23.4 Å². The molecule has 0 radical (unpaired) electrons. The summed E-state index contributed by atoms with van der Waals surface area (Å²) in [5, 5.41) is 10.2. The first-order valence-electron chi connectivity index (χ1n) is 5.93. The van der Waals surface area contributed by atoms with Crippen LogP contribution in [0.2, 0.25) is 0 Å². The molecule has 2 unspecified atom stereocenters. The predicted octanol–water partition coefficient (Wildman–Crippen LogP) is 1.25. The van der Waals surface area contributed by atoms with Crippen molar-refractivity contribution >= 4 is 5.97 Å². The van der Waals surface area contributed by atoms with E-state index in [0.29, 0.717) is 5.88 Å². The highest BCUT2D eigenvalue weighted by Crippen LogP contribution is 2.36. The van der Waals surface area contributed by atoms with Gasteiger partial charge < -0.3 is 14.6 Å². The quantitative estimate of drug-likeness (QED) is 0.819. The molecule has 1 aliphatic rings. The summed E-state index contributed by atoms with van der Waals surface area (Å²) in [7, 11) is 2.92. The molecule has 0 amide bonds. The molecular formula is C13H17NO4. The Morgan fingerprint density at radius 3 is 3.00 bits per heavy atom. The maximum atomic E-state index is 11.3. The molecule has 1 N–H and O–H groups in total. The van der Waals surface area contributed by atoms with E-state index in [1.54, 1.807) is 13.3 Å². The van der Waals surface area contributed by atoms with Crippen LogP contribution in [-0.2, 0) is 16.0 Å². The molecule has 1 aliphatic carbocycles. The number of esters is 1. The van der Waals surface area contributed by atoms with Gasteiger partial charge >= 0.3 is 5.97 Å². The second kappa shape index (κ2) is 5.35. The summed E-state index contributed by atoms with van der Waals surface area (Å²) in [5.41, 5.74) is 1.83. The third-order valence-corrected chi connectivity index (χ3v) is 3.41. The Hall–Kier alpha value is -1.62. The highest BCUT2D eigenvalue weighted by Gasteiger charge is 2.30. The maximum Gasteiger partial charge on any atom is 0.305 e. The van der Waals surface area contributed by atoms with Gasteiger partial charge in [-0.05, 0) is 24.3 Å². The minimum Gasteiger partial charge on any atom is -0.481 e. The average molecular weight is 251 g/mol. The van der Waals surface area contributed by atoms with Gasteiger partial charge in [-0.15, -0.1) is 0 Å². The molecule has 0 saturated heterocycles. The van der Waals surface area contributed by atoms with Crippen LogP contribution in [0.5, 0.6) is 5.88 Å². The third-order valence-electron chi connectivity index (χ3n) is 3.41. The van der Waals surface area contributed by atoms with Crippen molar-refractivity contribution in [1.82, 2.24) is 4.98 Å². The molecule has 18 heavy (non-hydrogen) atoms. The Morgan fingerprint density at radius 2 is 2.33 bits per heavy atom. The van der Waals surface area contributed by atoms with Gasteiger partial charge in [-0.25, -0.2) is 4.98 Å². The number of pyridine rings is 1. The number of aliphatic hydroxyl groups is 1. The van der Waals surface area contributed by atoms with Crippen molar-refractivity contribution in [2.75, 3.05) is 14.2 Å². The van der Waals surface area contributed by atoms with Crippen LogP contribution in [0.4, 0.5) is 0 Å². The van der Waals surface area contributed by atoms with Crippen LogP contribution >= 0.6 is 0 Å². The molecular weight excluding hydrogens is 234 g/mol. The van der Waals surface area contributed by atoms with Crippen molar-refractivity contribution in [3.8, 4) is 5.88 Å². The molecule has 1 heterocycles. The zero-order valence-corrected chi connectivity index (χ0v) is 10.5. The molecule has 0 saturated carbocycles. The molecule has 5 nitrogen and oxygen atoms in total. The van der Waals surface area contributed by atoms with E-state index in [2.05, 4.69) is 9.72 Å². The molecule has 0 spiro atoms. The van der Waals surface area contributed by atoms with Gasteiger partial charge in [-0.3, -0.25) is 4.79 Å². The van der Waals surface area contributed by atoms with Gasteiger partial charge in [-0.2, -0.15) is 0 Å². The maximum absolute atomic E-state index is 11.3. The zero-order valence-electron chi connectivity index (χ0n) is 10.5. The number of rotatable bonds is 3. The third kappa shape index (κ3) is 2.46. The number of methoxy groups -OCH3 is 2. The van der Waals surface area contributed by atoms with Crippen molar-refractivity contribution in [2.24, 2.45) is 5.92 Å². The first kappa shape index (κ1) is 12.8. The molecule has 98 valence electrons. The normalized spacial score (nSPS) is 22.2. The predicted molar refractivity (Wildman–Crippen MR) is 64.2 cm³/mol. The van der Waals surface area contributed by atoms with Gasteiger partial charge in [0, 0.05) is 17.8 Å². The number of hydrogen-bond acceptors (Lipinski definition) is 5. The summed E-state index contributed by atoms with van der Waals surface area (Å²) in [6, 6.07) is 1.84. The molecule has 2 rings (SSSR count). The fourth-order valence-electron chi connectivity index (χ4n) is 2.34. The molecule has 5 heteroatoms. The topological polar surface area (TPSA) is 68.7 Å². The molecule has 1 aromatic rings. The number of nitrogens with zero attached hydrogens (tertiary/aromatic N) is 1. The van der Waals surface area contributed by atoms with Crippen molar-refractivity contribution in [2.45, 2.75) is 25.4 Å². The number of aliphatic hydroxyl groups excluding tert-OH is 1. The van der Waals surface area contributed by atoms with E-state index in [0.717, 1.165) is 24.0 Å². The molecule has 0 fully saturated rings. The van der Waals surface area contributed by atoms with E-state index in [1.807, 2.05) is 6.07 Å². The van der Waals surface area contributed by atoms with Crippen molar-refractivity contribution < 1.29 is 19.4 Å². The van der Waals surface area contributed by atoms with Gasteiger partial charge in [-0.1, -0.05) is 0 Å². The van der Waals surface area contributed by atoms with E-state index in [4.69, 9.17) is 4.74 Å². The largest absolute Gasteiger partial charge is 0.481 e. The summed E-state index contributed by atoms with van der Waals surface area (Å²) in [4.78, 5) is 15.4. The number of ether oxygens (including phenoxy) is 2. The zero-order chi connectivity index (χ0) is 13.1. The van der Waals surface area contributed by atoms with Crippen LogP contribution in [0.3, 0.4) is 0 Å². The molecule has 1 aromatic heterocycles. The Kier molecular flexibility index (Phi) is 3.81. The number of carbonyl (C=O) groups is 1. The lowest BCUT2D eigenvalue weighted by molar-refractivity contribution is -0.143. The van der Waals surface area contributed by atoms with Crippen LogP contribution < -0.4 is 4.74 Å². The van der Waals surface area contributed by atoms with Gasteiger partial charge in [0.25, 0.3) is 0 Å². The van der Waals surface area contributed by atoms with E-state index < -0.39 is 6.10 Å². The monoisotopic (exact) mass is 251 g/mol. The lowest BCUT2D eigenvalue weighted by Crippen LogP contribution is -2.23. The lowest BCUT2D eigenvalue weighted by Gasteiger charge is -2.29. The van der Waals surface area contributed by atoms with Gasteiger partial charge in [0.2, 0.25) is 5.88 Å². The average Bonchev–Trinajstić information content (AvgIpc) is 2.41. The molecule has 0 bridgehead atoms. The van der Waals surface area contributed by atoms with Crippen LogP contribution in [0.25, 0.3) is 0 Å². The van der Waals surface area contributed by atoms with Crippen LogP contribution in [0.1, 0.15) is 30.1 Å². The summed E-state index contributed by atoms with van der Waals surface area (Å²) in [6.45, 7) is 0. The Balaban J connectivity index is 2.18. The molecule has 0 aliphatic heterocycles. The second-order valence-electron chi connectivity index (χ2n) is 4.45. The Labute approximate surface area is 106 Å². The molecule has 0 aromatic carbocycles. The van der Waals surface area contributed by atoms with Gasteiger partial charge in [0.05, 0.1) is 26.7 Å². The van der Waals surface area contributed by atoms with E-state index >= 15 is 0 Å². The van der Waals surface area contributed by atoms with Gasteiger partial charge in [0.1, 0.15) is 0 Å². The fourth-order valence-corrected chi connectivity index (χ4v) is 2.34. The number of hydrogen-bond donors (Lipinski definition) is 1. The van der Waals surface area contributed by atoms with Crippen molar-refractivity contribution in [1.29, 1.82) is 0 Å². The van der Waals surface area contributed by atoms with E-state index in [1.165, 1.54) is 7.11 Å². The second-order valence-corrected chi connectivity index (χ2v) is 4.45. The highest BCUT2D eigenvalue weighted by atomic mass is 16.5. The highest BCUT2D eigenvalue weighted by molar-refractivity contribution is 5.69. The number of carbonyl (C=O) groups excluding carboxylic acids is 1. The number of fused-ring (bicyclic) bond motifs is 1.